The molecule has 114 valence electrons. The highest BCUT2D eigenvalue weighted by Crippen LogP contribution is 2.66. The molecule has 0 spiro atoms. The van der Waals surface area contributed by atoms with E-state index in [4.69, 9.17) is 0 Å². The summed E-state index contributed by atoms with van der Waals surface area (Å²) in [6, 6.07) is 11.3. The Balaban J connectivity index is 1.81. The number of benzene rings is 1. The number of nitrogens with one attached hydrogen (secondary N) is 1. The highest BCUT2D eigenvalue weighted by molar-refractivity contribution is 5.30. The molecule has 1 aromatic rings. The van der Waals surface area contributed by atoms with Gasteiger partial charge in [0.1, 0.15) is 0 Å². The van der Waals surface area contributed by atoms with Gasteiger partial charge in [-0.1, -0.05) is 37.3 Å². The molecule has 4 aliphatic rings. The Hall–Kier alpha value is -0.820. The van der Waals surface area contributed by atoms with Gasteiger partial charge in [-0.15, -0.1) is 0 Å². The van der Waals surface area contributed by atoms with E-state index in [-0.39, 0.29) is 5.54 Å². The van der Waals surface area contributed by atoms with Crippen molar-refractivity contribution in [1.82, 2.24) is 5.32 Å². The van der Waals surface area contributed by atoms with E-state index in [0.29, 0.717) is 5.41 Å². The maximum Gasteiger partial charge on any atom is 0.0486 e. The first-order chi connectivity index (χ1) is 10.2. The lowest BCUT2D eigenvalue weighted by atomic mass is 9.43. The van der Waals surface area contributed by atoms with Gasteiger partial charge in [0.25, 0.3) is 0 Å². The van der Waals surface area contributed by atoms with E-state index in [1.54, 1.807) is 0 Å². The third kappa shape index (κ3) is 1.86. The number of hydrogen-bond donors (Lipinski definition) is 1. The highest BCUT2D eigenvalue weighted by atomic mass is 15.0. The normalized spacial score (nSPS) is 40.2. The third-order valence-corrected chi connectivity index (χ3v) is 7.17. The zero-order valence-corrected chi connectivity index (χ0v) is 13.6. The average Bonchev–Trinajstić information content (AvgIpc) is 2.48. The predicted octanol–water partition coefficient (Wildman–Crippen LogP) is 4.73. The van der Waals surface area contributed by atoms with E-state index >= 15 is 0 Å². The quantitative estimate of drug-likeness (QED) is 0.842. The van der Waals surface area contributed by atoms with Crippen LogP contribution in [0.4, 0.5) is 0 Å². The number of rotatable bonds is 4. The fourth-order valence-corrected chi connectivity index (χ4v) is 6.83. The van der Waals surface area contributed by atoms with Crippen LogP contribution in [0.5, 0.6) is 0 Å². The van der Waals surface area contributed by atoms with Crippen LogP contribution in [-0.2, 0) is 5.54 Å². The summed E-state index contributed by atoms with van der Waals surface area (Å²) >= 11 is 0. The molecular formula is C20H29N. The largest absolute Gasteiger partial charge is 0.310 e. The molecule has 4 bridgehead atoms. The van der Waals surface area contributed by atoms with Crippen molar-refractivity contribution in [2.24, 2.45) is 23.2 Å². The molecule has 0 aliphatic heterocycles. The Labute approximate surface area is 129 Å². The molecule has 21 heavy (non-hydrogen) atoms. The van der Waals surface area contributed by atoms with Crippen LogP contribution in [0.15, 0.2) is 30.3 Å². The molecule has 1 unspecified atom stereocenters. The first-order valence-electron chi connectivity index (χ1n) is 8.96. The van der Waals surface area contributed by atoms with E-state index in [1.165, 1.54) is 50.5 Å². The minimum Gasteiger partial charge on any atom is -0.310 e. The van der Waals surface area contributed by atoms with Crippen LogP contribution < -0.4 is 5.32 Å². The lowest BCUT2D eigenvalue weighted by Crippen LogP contribution is -2.61. The molecule has 4 saturated carbocycles. The molecule has 0 saturated heterocycles. The van der Waals surface area contributed by atoms with Gasteiger partial charge in [0.05, 0.1) is 0 Å². The molecule has 1 heteroatoms. The van der Waals surface area contributed by atoms with Crippen LogP contribution in [0.1, 0.15) is 57.4 Å². The summed E-state index contributed by atoms with van der Waals surface area (Å²) in [7, 11) is 2.20. The molecule has 0 heterocycles. The van der Waals surface area contributed by atoms with Crippen LogP contribution in [0.25, 0.3) is 0 Å². The molecule has 4 aliphatic carbocycles. The summed E-state index contributed by atoms with van der Waals surface area (Å²) in [6.45, 7) is 2.39. The lowest BCUT2D eigenvalue weighted by Gasteiger charge is -2.64. The summed E-state index contributed by atoms with van der Waals surface area (Å²) in [5.74, 6) is 3.04. The first kappa shape index (κ1) is 13.8. The highest BCUT2D eigenvalue weighted by Gasteiger charge is 2.59. The third-order valence-electron chi connectivity index (χ3n) is 7.17. The van der Waals surface area contributed by atoms with Crippen LogP contribution in [0.3, 0.4) is 0 Å². The van der Waals surface area contributed by atoms with E-state index in [1.807, 2.05) is 0 Å². The Kier molecular flexibility index (Phi) is 3.19. The van der Waals surface area contributed by atoms with Crippen LogP contribution in [0, 0.1) is 23.2 Å². The van der Waals surface area contributed by atoms with Crippen LogP contribution in [0.2, 0.25) is 0 Å². The van der Waals surface area contributed by atoms with E-state index in [9.17, 15) is 0 Å². The van der Waals surface area contributed by atoms with Gasteiger partial charge in [-0.2, -0.15) is 0 Å². The van der Waals surface area contributed by atoms with Crippen LogP contribution in [-0.4, -0.2) is 7.05 Å². The second kappa shape index (κ2) is 4.84. The fraction of sp³-hybridized carbons (Fsp3) is 0.700. The van der Waals surface area contributed by atoms with Gasteiger partial charge >= 0.3 is 0 Å². The molecule has 1 aromatic carbocycles. The summed E-state index contributed by atoms with van der Waals surface area (Å²) in [5.41, 5.74) is 2.22. The molecule has 0 amide bonds. The van der Waals surface area contributed by atoms with Crippen molar-refractivity contribution in [2.45, 2.75) is 57.4 Å². The van der Waals surface area contributed by atoms with Gasteiger partial charge < -0.3 is 5.32 Å². The molecule has 1 atom stereocenters. The Bertz CT molecular complexity index is 465. The summed E-state index contributed by atoms with van der Waals surface area (Å²) in [5, 5.41) is 3.84. The SMILES string of the molecule is CCC(NC)(c1ccccc1)C12CC3CC(CC(C3)C1)C2. The van der Waals surface area contributed by atoms with E-state index < -0.39 is 0 Å². The minimum atomic E-state index is 0.185. The van der Waals surface area contributed by atoms with Crippen molar-refractivity contribution >= 4 is 0 Å². The van der Waals surface area contributed by atoms with Gasteiger partial charge in [0.2, 0.25) is 0 Å². The zero-order valence-electron chi connectivity index (χ0n) is 13.6. The van der Waals surface area contributed by atoms with Crippen molar-refractivity contribution < 1.29 is 0 Å². The van der Waals surface area contributed by atoms with Crippen molar-refractivity contribution in [2.75, 3.05) is 7.05 Å². The van der Waals surface area contributed by atoms with Gasteiger partial charge in [0, 0.05) is 5.54 Å². The maximum absolute atomic E-state index is 3.84. The topological polar surface area (TPSA) is 12.0 Å². The first-order valence-corrected chi connectivity index (χ1v) is 8.96. The van der Waals surface area contributed by atoms with Gasteiger partial charge in [-0.05, 0) is 80.7 Å². The van der Waals surface area contributed by atoms with Crippen molar-refractivity contribution in [3.8, 4) is 0 Å². The smallest absolute Gasteiger partial charge is 0.0486 e. The van der Waals surface area contributed by atoms with Gasteiger partial charge in [0.15, 0.2) is 0 Å². The Morgan fingerprint density at radius 3 is 1.95 bits per heavy atom. The fourth-order valence-electron chi connectivity index (χ4n) is 6.83. The maximum atomic E-state index is 3.84. The van der Waals surface area contributed by atoms with E-state index in [0.717, 1.165) is 17.8 Å². The molecule has 5 rings (SSSR count). The standard InChI is InChI=1S/C20H29N/c1-3-20(21-2,18-7-5-4-6-8-18)19-12-15-9-16(13-19)11-17(10-15)14-19/h4-8,15-17,21H,3,9-14H2,1-2H3. The monoisotopic (exact) mass is 283 g/mol. The second-order valence-corrected chi connectivity index (χ2v) is 8.07. The summed E-state index contributed by atoms with van der Waals surface area (Å²) in [4.78, 5) is 0. The predicted molar refractivity (Wildman–Crippen MR) is 88.1 cm³/mol. The zero-order chi connectivity index (χ0) is 14.5. The van der Waals surface area contributed by atoms with Crippen molar-refractivity contribution in [3.63, 3.8) is 0 Å². The lowest BCUT2D eigenvalue weighted by molar-refractivity contribution is -0.111. The molecule has 0 aromatic heterocycles. The molecule has 4 fully saturated rings. The average molecular weight is 283 g/mol. The Morgan fingerprint density at radius 2 is 1.52 bits per heavy atom. The Morgan fingerprint density at radius 1 is 1.00 bits per heavy atom. The molecule has 1 N–H and O–H groups in total. The van der Waals surface area contributed by atoms with Gasteiger partial charge in [-0.3, -0.25) is 0 Å². The van der Waals surface area contributed by atoms with Crippen LogP contribution >= 0.6 is 0 Å². The van der Waals surface area contributed by atoms with Crippen molar-refractivity contribution in [1.29, 1.82) is 0 Å². The second-order valence-electron chi connectivity index (χ2n) is 8.07. The molecular weight excluding hydrogens is 254 g/mol. The minimum absolute atomic E-state index is 0.185. The van der Waals surface area contributed by atoms with Gasteiger partial charge in [-0.25, -0.2) is 0 Å². The molecule has 1 nitrogen and oxygen atoms in total. The summed E-state index contributed by atoms with van der Waals surface area (Å²) in [6.07, 6.45) is 10.2. The van der Waals surface area contributed by atoms with Crippen molar-refractivity contribution in [3.05, 3.63) is 35.9 Å². The van der Waals surface area contributed by atoms with E-state index in [2.05, 4.69) is 49.6 Å². The molecule has 0 radical (unpaired) electrons. The number of hydrogen-bond acceptors (Lipinski definition) is 1. The summed E-state index contributed by atoms with van der Waals surface area (Å²) < 4.78 is 0.